The van der Waals surface area contributed by atoms with Gasteiger partial charge >= 0.3 is 5.97 Å². The SMILES string of the molecule is COC(=O)c1ccc2c(c1)NC(C(C)C)CO2. The molecule has 0 saturated heterocycles. The lowest BCUT2D eigenvalue weighted by atomic mass is 10.0. The van der Waals surface area contributed by atoms with E-state index in [1.165, 1.54) is 7.11 Å². The smallest absolute Gasteiger partial charge is 0.337 e. The lowest BCUT2D eigenvalue weighted by molar-refractivity contribution is 0.0600. The Labute approximate surface area is 101 Å². The first-order chi connectivity index (χ1) is 8.11. The van der Waals surface area contributed by atoms with Crippen molar-refractivity contribution in [3.63, 3.8) is 0 Å². The van der Waals surface area contributed by atoms with Crippen molar-refractivity contribution in [2.75, 3.05) is 19.0 Å². The van der Waals surface area contributed by atoms with E-state index in [0.717, 1.165) is 11.4 Å². The van der Waals surface area contributed by atoms with Gasteiger partial charge in [-0.2, -0.15) is 0 Å². The van der Waals surface area contributed by atoms with Gasteiger partial charge in [0.1, 0.15) is 12.4 Å². The molecule has 0 bridgehead atoms. The molecule has 0 saturated carbocycles. The highest BCUT2D eigenvalue weighted by Gasteiger charge is 2.22. The molecule has 4 nitrogen and oxygen atoms in total. The third-order valence-electron chi connectivity index (χ3n) is 2.96. The van der Waals surface area contributed by atoms with Gasteiger partial charge in [0, 0.05) is 0 Å². The molecule has 0 aliphatic carbocycles. The zero-order chi connectivity index (χ0) is 12.4. The minimum Gasteiger partial charge on any atom is -0.489 e. The van der Waals surface area contributed by atoms with Crippen LogP contribution in [0.3, 0.4) is 0 Å². The summed E-state index contributed by atoms with van der Waals surface area (Å²) in [5, 5.41) is 3.38. The quantitative estimate of drug-likeness (QED) is 0.799. The van der Waals surface area contributed by atoms with E-state index in [1.54, 1.807) is 18.2 Å². The van der Waals surface area contributed by atoms with Crippen LogP contribution in [0.5, 0.6) is 5.75 Å². The molecule has 0 spiro atoms. The molecule has 1 aliphatic heterocycles. The molecule has 2 rings (SSSR count). The van der Waals surface area contributed by atoms with Gasteiger partial charge in [-0.3, -0.25) is 0 Å². The molecule has 0 amide bonds. The Morgan fingerprint density at radius 1 is 1.53 bits per heavy atom. The molecule has 0 aromatic heterocycles. The lowest BCUT2D eigenvalue weighted by Gasteiger charge is -2.30. The van der Waals surface area contributed by atoms with Crippen LogP contribution in [0, 0.1) is 5.92 Å². The summed E-state index contributed by atoms with van der Waals surface area (Å²) in [5.74, 6) is 0.931. The van der Waals surface area contributed by atoms with Crippen molar-refractivity contribution in [2.24, 2.45) is 5.92 Å². The fourth-order valence-electron chi connectivity index (χ4n) is 1.79. The summed E-state index contributed by atoms with van der Waals surface area (Å²) in [5.41, 5.74) is 1.39. The van der Waals surface area contributed by atoms with Crippen LogP contribution in [0.1, 0.15) is 24.2 Å². The highest BCUT2D eigenvalue weighted by molar-refractivity contribution is 5.91. The largest absolute Gasteiger partial charge is 0.489 e. The summed E-state index contributed by atoms with van der Waals surface area (Å²) >= 11 is 0. The van der Waals surface area contributed by atoms with Crippen LogP contribution < -0.4 is 10.1 Å². The second-order valence-electron chi connectivity index (χ2n) is 4.51. The zero-order valence-corrected chi connectivity index (χ0v) is 10.3. The number of ether oxygens (including phenoxy) is 2. The van der Waals surface area contributed by atoms with E-state index in [-0.39, 0.29) is 12.0 Å². The predicted octanol–water partition coefficient (Wildman–Crippen LogP) is 2.30. The van der Waals surface area contributed by atoms with Gasteiger partial charge in [0.2, 0.25) is 0 Å². The molecule has 1 atom stereocenters. The molecule has 1 aromatic rings. The Morgan fingerprint density at radius 2 is 2.29 bits per heavy atom. The van der Waals surface area contributed by atoms with Crippen molar-refractivity contribution < 1.29 is 14.3 Å². The molecule has 4 heteroatoms. The second-order valence-corrected chi connectivity index (χ2v) is 4.51. The zero-order valence-electron chi connectivity index (χ0n) is 10.3. The van der Waals surface area contributed by atoms with Crippen molar-refractivity contribution in [3.05, 3.63) is 23.8 Å². The first kappa shape index (κ1) is 11.8. The van der Waals surface area contributed by atoms with Crippen molar-refractivity contribution >= 4 is 11.7 Å². The molecular formula is C13H17NO3. The molecule has 1 heterocycles. The third-order valence-corrected chi connectivity index (χ3v) is 2.96. The van der Waals surface area contributed by atoms with E-state index in [1.807, 2.05) is 0 Å². The maximum atomic E-state index is 11.4. The van der Waals surface area contributed by atoms with Gasteiger partial charge in [-0.05, 0) is 24.1 Å². The predicted molar refractivity (Wildman–Crippen MR) is 65.5 cm³/mol. The number of anilines is 1. The molecule has 0 fully saturated rings. The monoisotopic (exact) mass is 235 g/mol. The molecule has 0 radical (unpaired) electrons. The summed E-state index contributed by atoms with van der Waals surface area (Å²) in [6.45, 7) is 4.93. The Hall–Kier alpha value is -1.71. The fourth-order valence-corrected chi connectivity index (χ4v) is 1.79. The number of hydrogen-bond donors (Lipinski definition) is 1. The van der Waals surface area contributed by atoms with Gasteiger partial charge in [0.05, 0.1) is 24.4 Å². The van der Waals surface area contributed by atoms with Crippen molar-refractivity contribution in [1.29, 1.82) is 0 Å². The van der Waals surface area contributed by atoms with Gasteiger partial charge in [-0.15, -0.1) is 0 Å². The van der Waals surface area contributed by atoms with E-state index < -0.39 is 0 Å². The van der Waals surface area contributed by atoms with Gasteiger partial charge in [-0.1, -0.05) is 13.8 Å². The number of benzene rings is 1. The normalized spacial score (nSPS) is 18.0. The average Bonchev–Trinajstić information content (AvgIpc) is 2.36. The maximum absolute atomic E-state index is 11.4. The van der Waals surface area contributed by atoms with Crippen molar-refractivity contribution in [2.45, 2.75) is 19.9 Å². The maximum Gasteiger partial charge on any atom is 0.337 e. The number of rotatable bonds is 2. The molecule has 1 aliphatic rings. The summed E-state index contributed by atoms with van der Waals surface area (Å²) in [6.07, 6.45) is 0. The van der Waals surface area contributed by atoms with E-state index in [2.05, 4.69) is 19.2 Å². The number of nitrogens with one attached hydrogen (secondary N) is 1. The Kier molecular flexibility index (Phi) is 3.22. The second kappa shape index (κ2) is 4.65. The molecule has 1 N–H and O–H groups in total. The van der Waals surface area contributed by atoms with Crippen LogP contribution in [0.25, 0.3) is 0 Å². The van der Waals surface area contributed by atoms with Crippen LogP contribution >= 0.6 is 0 Å². The van der Waals surface area contributed by atoms with E-state index >= 15 is 0 Å². The Bertz CT molecular complexity index is 429. The number of carbonyl (C=O) groups is 1. The van der Waals surface area contributed by atoms with E-state index in [9.17, 15) is 4.79 Å². The molecular weight excluding hydrogens is 218 g/mol. The van der Waals surface area contributed by atoms with Gasteiger partial charge in [-0.25, -0.2) is 4.79 Å². The number of esters is 1. The highest BCUT2D eigenvalue weighted by Crippen LogP contribution is 2.31. The van der Waals surface area contributed by atoms with Gasteiger partial charge in [0.15, 0.2) is 0 Å². The summed E-state index contributed by atoms with van der Waals surface area (Å²) in [7, 11) is 1.38. The van der Waals surface area contributed by atoms with Crippen LogP contribution in [0.15, 0.2) is 18.2 Å². The number of carbonyl (C=O) groups excluding carboxylic acids is 1. The van der Waals surface area contributed by atoms with Crippen LogP contribution in [0.2, 0.25) is 0 Å². The molecule has 92 valence electrons. The van der Waals surface area contributed by atoms with E-state index in [0.29, 0.717) is 18.1 Å². The Balaban J connectivity index is 2.26. The van der Waals surface area contributed by atoms with Crippen LogP contribution in [-0.4, -0.2) is 25.7 Å². The van der Waals surface area contributed by atoms with Gasteiger partial charge < -0.3 is 14.8 Å². The first-order valence-corrected chi connectivity index (χ1v) is 5.73. The lowest BCUT2D eigenvalue weighted by Crippen LogP contribution is -2.35. The minimum atomic E-state index is -0.332. The van der Waals surface area contributed by atoms with E-state index in [4.69, 9.17) is 9.47 Å². The van der Waals surface area contributed by atoms with Gasteiger partial charge in [0.25, 0.3) is 0 Å². The molecule has 17 heavy (non-hydrogen) atoms. The summed E-state index contributed by atoms with van der Waals surface area (Å²) in [6, 6.07) is 5.55. The fraction of sp³-hybridized carbons (Fsp3) is 0.462. The molecule has 1 aromatic carbocycles. The average molecular weight is 235 g/mol. The summed E-state index contributed by atoms with van der Waals surface area (Å²) < 4.78 is 10.3. The summed E-state index contributed by atoms with van der Waals surface area (Å²) in [4.78, 5) is 11.4. The highest BCUT2D eigenvalue weighted by atomic mass is 16.5. The Morgan fingerprint density at radius 3 is 2.94 bits per heavy atom. The number of hydrogen-bond acceptors (Lipinski definition) is 4. The van der Waals surface area contributed by atoms with Crippen molar-refractivity contribution in [1.82, 2.24) is 0 Å². The number of fused-ring (bicyclic) bond motifs is 1. The topological polar surface area (TPSA) is 47.6 Å². The standard InChI is InChI=1S/C13H17NO3/c1-8(2)11-7-17-12-5-4-9(13(15)16-3)6-10(12)14-11/h4-6,8,11,14H,7H2,1-3H3. The third kappa shape index (κ3) is 2.35. The number of methoxy groups -OCH3 is 1. The molecule has 1 unspecified atom stereocenters. The van der Waals surface area contributed by atoms with Crippen LogP contribution in [-0.2, 0) is 4.74 Å². The van der Waals surface area contributed by atoms with Crippen LogP contribution in [0.4, 0.5) is 5.69 Å². The first-order valence-electron chi connectivity index (χ1n) is 5.73. The van der Waals surface area contributed by atoms with Crippen molar-refractivity contribution in [3.8, 4) is 5.75 Å². The minimum absolute atomic E-state index is 0.274.